The second kappa shape index (κ2) is 7.80. The second-order valence-corrected chi connectivity index (χ2v) is 4.75. The highest BCUT2D eigenvalue weighted by Crippen LogP contribution is 2.07. The molecule has 1 aromatic rings. The molecule has 96 valence electrons. The largest absolute Gasteiger partial charge is 0.384 e. The van der Waals surface area contributed by atoms with Crippen LogP contribution >= 0.6 is 11.8 Å². The van der Waals surface area contributed by atoms with Crippen LogP contribution in [0.25, 0.3) is 0 Å². The molecular formula is C14H17NO2S. The topological polar surface area (TPSA) is 40.5 Å². The zero-order valence-corrected chi connectivity index (χ0v) is 11.5. The van der Waals surface area contributed by atoms with Gasteiger partial charge in [-0.3, -0.25) is 4.79 Å². The molecular weight excluding hydrogens is 246 g/mol. The van der Waals surface area contributed by atoms with Crippen LogP contribution in [-0.4, -0.2) is 48.1 Å². The third kappa shape index (κ3) is 4.44. The van der Waals surface area contributed by atoms with Gasteiger partial charge in [0.05, 0.1) is 0 Å². The first-order chi connectivity index (χ1) is 8.69. The standard InChI is InChI=1S/C14H17NO2S/c1-15(8-10-18-2)14(17)13-7-3-5-12(11-13)6-4-9-16/h3,5,7,11,16H,8-10H2,1-2H3. The van der Waals surface area contributed by atoms with Gasteiger partial charge < -0.3 is 10.0 Å². The molecule has 1 amide bonds. The molecule has 0 saturated heterocycles. The maximum Gasteiger partial charge on any atom is 0.253 e. The normalized spacial score (nSPS) is 9.50. The fraction of sp³-hybridized carbons (Fsp3) is 0.357. The molecule has 0 radical (unpaired) electrons. The Hall–Kier alpha value is -1.44. The molecule has 0 aromatic heterocycles. The zero-order valence-electron chi connectivity index (χ0n) is 10.6. The van der Waals surface area contributed by atoms with E-state index >= 15 is 0 Å². The third-order valence-electron chi connectivity index (χ3n) is 2.40. The first kappa shape index (κ1) is 14.6. The summed E-state index contributed by atoms with van der Waals surface area (Å²) in [6, 6.07) is 7.15. The SMILES string of the molecule is CSCCN(C)C(=O)c1cccc(C#CCO)c1. The molecule has 0 bridgehead atoms. The molecule has 18 heavy (non-hydrogen) atoms. The van der Waals surface area contributed by atoms with Gasteiger partial charge in [0, 0.05) is 30.5 Å². The van der Waals surface area contributed by atoms with Crippen LogP contribution in [0.5, 0.6) is 0 Å². The van der Waals surface area contributed by atoms with Crippen molar-refractivity contribution >= 4 is 17.7 Å². The predicted molar refractivity (Wildman–Crippen MR) is 75.7 cm³/mol. The van der Waals surface area contributed by atoms with Gasteiger partial charge in [0.1, 0.15) is 6.61 Å². The van der Waals surface area contributed by atoms with Gasteiger partial charge in [0.2, 0.25) is 0 Å². The molecule has 0 aliphatic carbocycles. The van der Waals surface area contributed by atoms with E-state index < -0.39 is 0 Å². The predicted octanol–water partition coefficient (Wildman–Crippen LogP) is 1.47. The summed E-state index contributed by atoms with van der Waals surface area (Å²) in [4.78, 5) is 13.8. The summed E-state index contributed by atoms with van der Waals surface area (Å²) in [5, 5.41) is 8.64. The maximum absolute atomic E-state index is 12.1. The molecule has 0 spiro atoms. The average molecular weight is 263 g/mol. The van der Waals surface area contributed by atoms with Crippen molar-refractivity contribution < 1.29 is 9.90 Å². The van der Waals surface area contributed by atoms with E-state index in [2.05, 4.69) is 11.8 Å². The lowest BCUT2D eigenvalue weighted by Gasteiger charge is -2.16. The molecule has 0 aliphatic rings. The monoisotopic (exact) mass is 263 g/mol. The Kier molecular flexibility index (Phi) is 6.34. The quantitative estimate of drug-likeness (QED) is 0.836. The molecule has 1 aromatic carbocycles. The molecule has 0 fully saturated rings. The van der Waals surface area contributed by atoms with E-state index in [0.717, 1.165) is 17.9 Å². The lowest BCUT2D eigenvalue weighted by atomic mass is 10.1. The number of carbonyl (C=O) groups excluding carboxylic acids is 1. The molecule has 0 unspecified atom stereocenters. The lowest BCUT2D eigenvalue weighted by molar-refractivity contribution is 0.0803. The fourth-order valence-electron chi connectivity index (χ4n) is 1.42. The Morgan fingerprint density at radius 2 is 2.28 bits per heavy atom. The number of hydrogen-bond donors (Lipinski definition) is 1. The minimum Gasteiger partial charge on any atom is -0.384 e. The Balaban J connectivity index is 2.79. The van der Waals surface area contributed by atoms with Gasteiger partial charge >= 0.3 is 0 Å². The van der Waals surface area contributed by atoms with Crippen LogP contribution in [0.1, 0.15) is 15.9 Å². The van der Waals surface area contributed by atoms with Crippen molar-refractivity contribution in [2.45, 2.75) is 0 Å². The van der Waals surface area contributed by atoms with Crippen molar-refractivity contribution in [2.24, 2.45) is 0 Å². The summed E-state index contributed by atoms with van der Waals surface area (Å²) in [6.07, 6.45) is 2.02. The number of amides is 1. The van der Waals surface area contributed by atoms with Gasteiger partial charge in [-0.2, -0.15) is 11.8 Å². The highest BCUT2D eigenvalue weighted by molar-refractivity contribution is 7.98. The highest BCUT2D eigenvalue weighted by Gasteiger charge is 2.10. The van der Waals surface area contributed by atoms with Crippen molar-refractivity contribution in [2.75, 3.05) is 32.2 Å². The molecule has 1 N–H and O–H groups in total. The summed E-state index contributed by atoms with van der Waals surface area (Å²) in [5.74, 6) is 6.29. The van der Waals surface area contributed by atoms with Crippen LogP contribution in [0.3, 0.4) is 0 Å². The van der Waals surface area contributed by atoms with E-state index in [1.165, 1.54) is 0 Å². The van der Waals surface area contributed by atoms with Crippen molar-refractivity contribution in [3.63, 3.8) is 0 Å². The van der Waals surface area contributed by atoms with Crippen LogP contribution in [0, 0.1) is 11.8 Å². The number of thioether (sulfide) groups is 1. The van der Waals surface area contributed by atoms with Crippen LogP contribution < -0.4 is 0 Å². The van der Waals surface area contributed by atoms with Crippen LogP contribution in [0.2, 0.25) is 0 Å². The van der Waals surface area contributed by atoms with Crippen LogP contribution in [-0.2, 0) is 0 Å². The zero-order chi connectivity index (χ0) is 13.4. The van der Waals surface area contributed by atoms with E-state index in [-0.39, 0.29) is 12.5 Å². The molecule has 0 heterocycles. The van der Waals surface area contributed by atoms with Crippen molar-refractivity contribution in [3.05, 3.63) is 35.4 Å². The van der Waals surface area contributed by atoms with Gasteiger partial charge in [-0.15, -0.1) is 0 Å². The first-order valence-electron chi connectivity index (χ1n) is 5.63. The van der Waals surface area contributed by atoms with E-state index in [0.29, 0.717) is 5.56 Å². The van der Waals surface area contributed by atoms with Gasteiger partial charge in [-0.1, -0.05) is 17.9 Å². The number of rotatable bonds is 4. The Morgan fingerprint density at radius 3 is 2.94 bits per heavy atom. The van der Waals surface area contributed by atoms with Crippen LogP contribution in [0.15, 0.2) is 24.3 Å². The Labute approximate surface area is 112 Å². The van der Waals surface area contributed by atoms with Gasteiger partial charge in [0.15, 0.2) is 0 Å². The fourth-order valence-corrected chi connectivity index (χ4v) is 1.88. The first-order valence-corrected chi connectivity index (χ1v) is 7.02. The highest BCUT2D eigenvalue weighted by atomic mass is 32.2. The minimum absolute atomic E-state index is 0.00306. The maximum atomic E-state index is 12.1. The van der Waals surface area contributed by atoms with Crippen molar-refractivity contribution in [3.8, 4) is 11.8 Å². The number of hydrogen-bond acceptors (Lipinski definition) is 3. The molecule has 4 heteroatoms. The lowest BCUT2D eigenvalue weighted by Crippen LogP contribution is -2.28. The van der Waals surface area contributed by atoms with Crippen molar-refractivity contribution in [1.29, 1.82) is 0 Å². The van der Waals surface area contributed by atoms with Gasteiger partial charge in [-0.05, 0) is 24.5 Å². The summed E-state index contributed by atoms with van der Waals surface area (Å²) < 4.78 is 0. The number of carbonyl (C=O) groups is 1. The summed E-state index contributed by atoms with van der Waals surface area (Å²) in [5.41, 5.74) is 1.37. The van der Waals surface area contributed by atoms with Crippen molar-refractivity contribution in [1.82, 2.24) is 4.90 Å². The van der Waals surface area contributed by atoms with E-state index in [4.69, 9.17) is 5.11 Å². The van der Waals surface area contributed by atoms with E-state index in [9.17, 15) is 4.79 Å². The van der Waals surface area contributed by atoms with E-state index in [1.54, 1.807) is 41.9 Å². The molecule has 0 saturated carbocycles. The van der Waals surface area contributed by atoms with E-state index in [1.807, 2.05) is 12.3 Å². The minimum atomic E-state index is -0.175. The number of nitrogens with zero attached hydrogens (tertiary/aromatic N) is 1. The molecule has 0 atom stereocenters. The summed E-state index contributed by atoms with van der Waals surface area (Å²) in [7, 11) is 1.80. The average Bonchev–Trinajstić information content (AvgIpc) is 2.42. The number of benzene rings is 1. The smallest absolute Gasteiger partial charge is 0.253 e. The second-order valence-electron chi connectivity index (χ2n) is 3.76. The van der Waals surface area contributed by atoms with Crippen LogP contribution in [0.4, 0.5) is 0 Å². The summed E-state index contributed by atoms with van der Waals surface area (Å²) in [6.45, 7) is 0.554. The molecule has 1 rings (SSSR count). The molecule has 3 nitrogen and oxygen atoms in total. The summed E-state index contributed by atoms with van der Waals surface area (Å²) >= 11 is 1.71. The number of aliphatic hydroxyl groups excluding tert-OH is 1. The Morgan fingerprint density at radius 1 is 1.50 bits per heavy atom. The number of aliphatic hydroxyl groups is 1. The molecule has 0 aliphatic heterocycles. The third-order valence-corrected chi connectivity index (χ3v) is 2.99. The van der Waals surface area contributed by atoms with Gasteiger partial charge in [0.25, 0.3) is 5.91 Å². The Bertz CT molecular complexity index is 462. The van der Waals surface area contributed by atoms with Gasteiger partial charge in [-0.25, -0.2) is 0 Å².